The van der Waals surface area contributed by atoms with Crippen LogP contribution in [0.2, 0.25) is 0 Å². The summed E-state index contributed by atoms with van der Waals surface area (Å²) in [5.74, 6) is -1.55. The largest absolute Gasteiger partial charge is 0.504 e. The molecule has 1 rings (SSSR count). The van der Waals surface area contributed by atoms with Gasteiger partial charge < -0.3 is 15.3 Å². The molecule has 0 radical (unpaired) electrons. The van der Waals surface area contributed by atoms with E-state index in [0.29, 0.717) is 5.56 Å². The Morgan fingerprint density at radius 1 is 1.19 bits per heavy atom. The molecule has 0 aliphatic heterocycles. The number of aromatic hydroxyl groups is 3. The van der Waals surface area contributed by atoms with Crippen LogP contribution in [0.15, 0.2) is 18.2 Å². The van der Waals surface area contributed by atoms with Gasteiger partial charge in [0, 0.05) is 5.92 Å². The van der Waals surface area contributed by atoms with Crippen LogP contribution in [-0.4, -0.2) is 21.1 Å². The van der Waals surface area contributed by atoms with Crippen LogP contribution in [0.25, 0.3) is 6.08 Å². The maximum absolute atomic E-state index is 11.3. The summed E-state index contributed by atoms with van der Waals surface area (Å²) in [7, 11) is 0. The molecule has 0 aliphatic carbocycles. The van der Waals surface area contributed by atoms with E-state index in [9.17, 15) is 15.0 Å². The van der Waals surface area contributed by atoms with Crippen LogP contribution in [0.5, 0.6) is 17.2 Å². The van der Waals surface area contributed by atoms with E-state index in [0.717, 1.165) is 0 Å². The van der Waals surface area contributed by atoms with Gasteiger partial charge in [-0.1, -0.05) is 19.9 Å². The lowest BCUT2D eigenvalue weighted by Crippen LogP contribution is -2.01. The van der Waals surface area contributed by atoms with Crippen LogP contribution >= 0.6 is 0 Å². The van der Waals surface area contributed by atoms with Crippen molar-refractivity contribution in [3.63, 3.8) is 0 Å². The molecule has 0 unspecified atom stereocenters. The molecule has 0 saturated carbocycles. The lowest BCUT2D eigenvalue weighted by Gasteiger charge is -2.02. The predicted molar refractivity (Wildman–Crippen MR) is 60.3 cm³/mol. The Bertz CT molecular complexity index is 410. The molecular weight excluding hydrogens is 208 g/mol. The Labute approximate surface area is 93.5 Å². The van der Waals surface area contributed by atoms with Crippen molar-refractivity contribution < 1.29 is 20.1 Å². The first-order valence-electron chi connectivity index (χ1n) is 4.88. The van der Waals surface area contributed by atoms with Gasteiger partial charge in [0.05, 0.1) is 0 Å². The van der Waals surface area contributed by atoms with Crippen molar-refractivity contribution in [1.29, 1.82) is 0 Å². The van der Waals surface area contributed by atoms with E-state index in [2.05, 4.69) is 0 Å². The maximum atomic E-state index is 11.3. The first kappa shape index (κ1) is 12.1. The predicted octanol–water partition coefficient (Wildman–Crippen LogP) is 2.04. The fraction of sp³-hybridized carbons (Fsp3) is 0.250. The highest BCUT2D eigenvalue weighted by Gasteiger charge is 2.07. The van der Waals surface area contributed by atoms with Crippen LogP contribution in [0.3, 0.4) is 0 Å². The molecule has 16 heavy (non-hydrogen) atoms. The van der Waals surface area contributed by atoms with Crippen molar-refractivity contribution >= 4 is 11.9 Å². The van der Waals surface area contributed by atoms with E-state index in [1.165, 1.54) is 24.3 Å². The number of allylic oxidation sites excluding steroid dienone is 1. The molecule has 0 fully saturated rings. The number of hydrogen-bond acceptors (Lipinski definition) is 4. The zero-order chi connectivity index (χ0) is 12.3. The van der Waals surface area contributed by atoms with Gasteiger partial charge in [0.2, 0.25) is 0 Å². The van der Waals surface area contributed by atoms with Gasteiger partial charge in [0.1, 0.15) is 0 Å². The second kappa shape index (κ2) is 4.70. The van der Waals surface area contributed by atoms with Gasteiger partial charge in [-0.15, -0.1) is 0 Å². The SMILES string of the molecule is CC(C)C(=O)/C=C/c1cc(O)c(O)c(O)c1. The third-order valence-electron chi connectivity index (χ3n) is 2.10. The van der Waals surface area contributed by atoms with Gasteiger partial charge >= 0.3 is 0 Å². The van der Waals surface area contributed by atoms with E-state index < -0.39 is 17.2 Å². The lowest BCUT2D eigenvalue weighted by atomic mass is 10.1. The second-order valence-electron chi connectivity index (χ2n) is 3.80. The Morgan fingerprint density at radius 3 is 2.12 bits per heavy atom. The molecule has 86 valence electrons. The van der Waals surface area contributed by atoms with Gasteiger partial charge in [-0.3, -0.25) is 4.79 Å². The number of phenolic OH excluding ortho intramolecular Hbond substituents is 3. The van der Waals surface area contributed by atoms with Gasteiger partial charge in [-0.05, 0) is 23.8 Å². The second-order valence-corrected chi connectivity index (χ2v) is 3.80. The minimum Gasteiger partial charge on any atom is -0.504 e. The molecule has 0 aromatic heterocycles. The van der Waals surface area contributed by atoms with Crippen LogP contribution in [0, 0.1) is 5.92 Å². The summed E-state index contributed by atoms with van der Waals surface area (Å²) >= 11 is 0. The van der Waals surface area contributed by atoms with E-state index in [1.807, 2.05) is 0 Å². The van der Waals surface area contributed by atoms with Crippen molar-refractivity contribution in [3.8, 4) is 17.2 Å². The minimum atomic E-state index is -0.563. The number of carbonyl (C=O) groups is 1. The third kappa shape index (κ3) is 2.76. The highest BCUT2D eigenvalue weighted by molar-refractivity contribution is 5.95. The number of ketones is 1. The molecule has 0 bridgehead atoms. The van der Waals surface area contributed by atoms with Crippen LogP contribution in [0.4, 0.5) is 0 Å². The van der Waals surface area contributed by atoms with Gasteiger partial charge in [-0.25, -0.2) is 0 Å². The van der Waals surface area contributed by atoms with E-state index in [-0.39, 0.29) is 11.7 Å². The summed E-state index contributed by atoms with van der Waals surface area (Å²) in [6.45, 7) is 3.55. The zero-order valence-corrected chi connectivity index (χ0v) is 9.14. The molecule has 3 N–H and O–H groups in total. The highest BCUT2D eigenvalue weighted by atomic mass is 16.3. The zero-order valence-electron chi connectivity index (χ0n) is 9.14. The first-order valence-corrected chi connectivity index (χ1v) is 4.88. The Balaban J connectivity index is 2.95. The molecule has 1 aromatic carbocycles. The number of hydrogen-bond donors (Lipinski definition) is 3. The summed E-state index contributed by atoms with van der Waals surface area (Å²) in [5.41, 5.74) is 0.446. The Hall–Kier alpha value is -1.97. The van der Waals surface area contributed by atoms with E-state index in [1.54, 1.807) is 13.8 Å². The van der Waals surface area contributed by atoms with Crippen LogP contribution < -0.4 is 0 Å². The smallest absolute Gasteiger partial charge is 0.200 e. The van der Waals surface area contributed by atoms with Crippen LogP contribution in [-0.2, 0) is 4.79 Å². The fourth-order valence-corrected chi connectivity index (χ4v) is 1.09. The molecule has 0 saturated heterocycles. The Kier molecular flexibility index (Phi) is 3.55. The number of phenols is 3. The highest BCUT2D eigenvalue weighted by Crippen LogP contribution is 2.35. The molecule has 0 spiro atoms. The van der Waals surface area contributed by atoms with Crippen molar-refractivity contribution in [2.45, 2.75) is 13.8 Å². The van der Waals surface area contributed by atoms with E-state index in [4.69, 9.17) is 5.11 Å². The molecular formula is C12H14O4. The monoisotopic (exact) mass is 222 g/mol. The summed E-state index contributed by atoms with van der Waals surface area (Å²) in [6, 6.07) is 2.53. The summed E-state index contributed by atoms with van der Waals surface area (Å²) in [4.78, 5) is 11.3. The molecule has 0 heterocycles. The average Bonchev–Trinajstić information content (AvgIpc) is 2.22. The standard InChI is InChI=1S/C12H14O4/c1-7(2)9(13)4-3-8-5-10(14)12(16)11(15)6-8/h3-7,14-16H,1-2H3/b4-3+. The first-order chi connectivity index (χ1) is 7.41. The summed E-state index contributed by atoms with van der Waals surface area (Å²) < 4.78 is 0. The van der Waals surface area contributed by atoms with Crippen LogP contribution in [0.1, 0.15) is 19.4 Å². The molecule has 0 aliphatic rings. The van der Waals surface area contributed by atoms with Crippen molar-refractivity contribution in [2.75, 3.05) is 0 Å². The minimum absolute atomic E-state index is 0.0490. The normalized spacial score (nSPS) is 11.2. The van der Waals surface area contributed by atoms with Gasteiger partial charge in [0.15, 0.2) is 23.0 Å². The quantitative estimate of drug-likeness (QED) is 0.540. The van der Waals surface area contributed by atoms with Crippen molar-refractivity contribution in [2.24, 2.45) is 5.92 Å². The molecule has 0 atom stereocenters. The van der Waals surface area contributed by atoms with Gasteiger partial charge in [-0.2, -0.15) is 0 Å². The molecule has 4 heteroatoms. The Morgan fingerprint density at radius 2 is 1.69 bits per heavy atom. The van der Waals surface area contributed by atoms with Crippen molar-refractivity contribution in [3.05, 3.63) is 23.8 Å². The fourth-order valence-electron chi connectivity index (χ4n) is 1.09. The third-order valence-corrected chi connectivity index (χ3v) is 2.10. The molecule has 4 nitrogen and oxygen atoms in total. The number of rotatable bonds is 3. The lowest BCUT2D eigenvalue weighted by molar-refractivity contribution is -0.117. The average molecular weight is 222 g/mol. The maximum Gasteiger partial charge on any atom is 0.200 e. The van der Waals surface area contributed by atoms with Crippen molar-refractivity contribution in [1.82, 2.24) is 0 Å². The van der Waals surface area contributed by atoms with Gasteiger partial charge in [0.25, 0.3) is 0 Å². The summed E-state index contributed by atoms with van der Waals surface area (Å²) in [6.07, 6.45) is 2.84. The number of carbonyl (C=O) groups excluding carboxylic acids is 1. The number of benzene rings is 1. The summed E-state index contributed by atoms with van der Waals surface area (Å²) in [5, 5.41) is 27.6. The topological polar surface area (TPSA) is 77.8 Å². The molecule has 1 aromatic rings. The molecule has 0 amide bonds. The van der Waals surface area contributed by atoms with E-state index >= 15 is 0 Å².